The van der Waals surface area contributed by atoms with Crippen molar-refractivity contribution >= 4 is 34.8 Å². The van der Waals surface area contributed by atoms with E-state index in [1.54, 1.807) is 24.3 Å². The fourth-order valence-corrected chi connectivity index (χ4v) is 10.3. The standard InChI is InChI=1S/C30H36N2O4/c33-25(29-11-17-5-18(12-29)7-19(6-17)13-29)27(35)31-23-3-1-2-4-24(23)32-28(36)26(34)30-14-20-8-21(15-30)10-22(9-20)16-30/h1-4,17-22H,5-16H2,(H,31,35)(H,32,36). The fraction of sp³-hybridized carbons (Fsp3) is 0.667. The predicted octanol–water partition coefficient (Wildman–Crippen LogP) is 5.13. The molecule has 190 valence electrons. The van der Waals surface area contributed by atoms with Crippen molar-refractivity contribution in [3.63, 3.8) is 0 Å². The van der Waals surface area contributed by atoms with Gasteiger partial charge >= 0.3 is 0 Å². The Labute approximate surface area is 212 Å². The van der Waals surface area contributed by atoms with Crippen LogP contribution in [0.25, 0.3) is 0 Å². The number of nitrogens with one attached hydrogen (secondary N) is 2. The van der Waals surface area contributed by atoms with Crippen LogP contribution >= 0.6 is 0 Å². The first-order valence-electron chi connectivity index (χ1n) is 14.1. The predicted molar refractivity (Wildman–Crippen MR) is 135 cm³/mol. The number of para-hydroxylation sites is 2. The number of carbonyl (C=O) groups excluding carboxylic acids is 4. The van der Waals surface area contributed by atoms with Crippen LogP contribution in [-0.4, -0.2) is 23.4 Å². The highest BCUT2D eigenvalue weighted by Gasteiger charge is 2.57. The van der Waals surface area contributed by atoms with Crippen LogP contribution in [0.15, 0.2) is 24.3 Å². The molecule has 36 heavy (non-hydrogen) atoms. The van der Waals surface area contributed by atoms with E-state index >= 15 is 0 Å². The van der Waals surface area contributed by atoms with Crippen LogP contribution in [-0.2, 0) is 19.2 Å². The molecule has 0 radical (unpaired) electrons. The Balaban J connectivity index is 1.06. The second-order valence-corrected chi connectivity index (χ2v) is 13.5. The lowest BCUT2D eigenvalue weighted by atomic mass is 9.48. The van der Waals surface area contributed by atoms with Crippen molar-refractivity contribution < 1.29 is 19.2 Å². The lowest BCUT2D eigenvalue weighted by Gasteiger charge is -2.55. The third-order valence-electron chi connectivity index (χ3n) is 10.9. The number of Topliss-reactive ketones (excluding diaryl/α,β-unsaturated/α-hetero) is 2. The summed E-state index contributed by atoms with van der Waals surface area (Å²) in [6, 6.07) is 6.91. The molecule has 6 heteroatoms. The Morgan fingerprint density at radius 2 is 0.806 bits per heavy atom. The molecule has 1 aromatic rings. The summed E-state index contributed by atoms with van der Waals surface area (Å²) in [7, 11) is 0. The lowest BCUT2D eigenvalue weighted by Crippen LogP contribution is -2.53. The van der Waals surface area contributed by atoms with E-state index in [1.807, 2.05) is 0 Å². The van der Waals surface area contributed by atoms with Crippen molar-refractivity contribution in [1.82, 2.24) is 0 Å². The van der Waals surface area contributed by atoms with Crippen LogP contribution in [0, 0.1) is 46.3 Å². The van der Waals surface area contributed by atoms with Gasteiger partial charge in [-0.15, -0.1) is 0 Å². The van der Waals surface area contributed by atoms with Gasteiger partial charge in [0.1, 0.15) is 0 Å². The van der Waals surface area contributed by atoms with Crippen LogP contribution < -0.4 is 10.6 Å². The van der Waals surface area contributed by atoms with E-state index in [9.17, 15) is 19.2 Å². The van der Waals surface area contributed by atoms with Gasteiger partial charge in [0.2, 0.25) is 11.6 Å². The minimum absolute atomic E-state index is 0.299. The SMILES string of the molecule is O=C(Nc1ccccc1NC(=O)C(=O)C12CC3CC(CC(C3)C1)C2)C(=O)C12CC3CC(CC(C3)C1)C2. The molecule has 0 spiro atoms. The average Bonchev–Trinajstić information content (AvgIpc) is 2.82. The zero-order valence-electron chi connectivity index (χ0n) is 20.9. The van der Waals surface area contributed by atoms with Crippen molar-refractivity contribution in [3.8, 4) is 0 Å². The third kappa shape index (κ3) is 3.58. The molecule has 6 nitrogen and oxygen atoms in total. The highest BCUT2D eigenvalue weighted by Crippen LogP contribution is 2.61. The summed E-state index contributed by atoms with van der Waals surface area (Å²) in [5.74, 6) is 1.69. The molecule has 0 aromatic heterocycles. The summed E-state index contributed by atoms with van der Waals surface area (Å²) < 4.78 is 0. The Morgan fingerprint density at radius 3 is 1.08 bits per heavy atom. The molecule has 0 saturated heterocycles. The normalized spacial score (nSPS) is 41.2. The molecule has 0 aliphatic heterocycles. The first-order valence-corrected chi connectivity index (χ1v) is 14.1. The monoisotopic (exact) mass is 488 g/mol. The number of hydrogen-bond donors (Lipinski definition) is 2. The van der Waals surface area contributed by atoms with Crippen molar-refractivity contribution in [2.24, 2.45) is 46.3 Å². The molecule has 8 aliphatic rings. The minimum atomic E-state index is -0.592. The van der Waals surface area contributed by atoms with E-state index in [4.69, 9.17) is 0 Å². The molecular weight excluding hydrogens is 452 g/mol. The van der Waals surface area contributed by atoms with E-state index in [-0.39, 0.29) is 11.6 Å². The number of carbonyl (C=O) groups is 4. The molecule has 8 bridgehead atoms. The van der Waals surface area contributed by atoms with Gasteiger partial charge in [0.05, 0.1) is 11.4 Å². The number of rotatable bonds is 6. The molecule has 0 heterocycles. The van der Waals surface area contributed by atoms with Gasteiger partial charge in [0.15, 0.2) is 0 Å². The number of hydrogen-bond acceptors (Lipinski definition) is 4. The van der Waals surface area contributed by atoms with Gasteiger partial charge < -0.3 is 10.6 Å². The Morgan fingerprint density at radius 1 is 0.528 bits per heavy atom. The number of amides is 2. The average molecular weight is 489 g/mol. The van der Waals surface area contributed by atoms with Crippen LogP contribution in [0.1, 0.15) is 77.0 Å². The van der Waals surface area contributed by atoms with Crippen molar-refractivity contribution in [2.75, 3.05) is 10.6 Å². The molecule has 2 amide bonds. The first-order chi connectivity index (χ1) is 17.3. The second kappa shape index (κ2) is 8.00. The first kappa shape index (κ1) is 22.7. The van der Waals surface area contributed by atoms with Crippen LogP contribution in [0.5, 0.6) is 0 Å². The Bertz CT molecular complexity index is 994. The van der Waals surface area contributed by atoms with Crippen molar-refractivity contribution in [1.29, 1.82) is 0 Å². The van der Waals surface area contributed by atoms with Gasteiger partial charge in [-0.3, -0.25) is 19.2 Å². The van der Waals surface area contributed by atoms with Gasteiger partial charge in [-0.25, -0.2) is 0 Å². The highest BCUT2D eigenvalue weighted by molar-refractivity contribution is 6.44. The maximum Gasteiger partial charge on any atom is 0.292 e. The largest absolute Gasteiger partial charge is 0.318 e. The fourth-order valence-electron chi connectivity index (χ4n) is 10.3. The van der Waals surface area contributed by atoms with Crippen LogP contribution in [0.4, 0.5) is 11.4 Å². The maximum atomic E-state index is 13.4. The summed E-state index contributed by atoms with van der Waals surface area (Å²) in [5, 5.41) is 5.60. The van der Waals surface area contributed by atoms with E-state index in [1.165, 1.54) is 38.5 Å². The van der Waals surface area contributed by atoms with Crippen molar-refractivity contribution in [2.45, 2.75) is 77.0 Å². The van der Waals surface area contributed by atoms with E-state index in [0.29, 0.717) is 46.9 Å². The van der Waals surface area contributed by atoms with E-state index in [0.717, 1.165) is 38.5 Å². The number of benzene rings is 1. The molecule has 0 unspecified atom stereocenters. The molecule has 8 saturated carbocycles. The Kier molecular flexibility index (Phi) is 5.04. The number of anilines is 2. The lowest BCUT2D eigenvalue weighted by molar-refractivity contribution is -0.151. The molecule has 8 aliphatic carbocycles. The summed E-state index contributed by atoms with van der Waals surface area (Å²) in [4.78, 5) is 53.3. The summed E-state index contributed by atoms with van der Waals surface area (Å²) in [6.45, 7) is 0. The van der Waals surface area contributed by atoms with Gasteiger partial charge in [-0.2, -0.15) is 0 Å². The van der Waals surface area contributed by atoms with Gasteiger partial charge in [0.25, 0.3) is 11.8 Å². The quantitative estimate of drug-likeness (QED) is 0.543. The minimum Gasteiger partial charge on any atom is -0.318 e. The maximum absolute atomic E-state index is 13.4. The molecule has 8 fully saturated rings. The molecule has 0 atom stereocenters. The molecular formula is C30H36N2O4. The third-order valence-corrected chi connectivity index (χ3v) is 10.9. The summed E-state index contributed by atoms with van der Waals surface area (Å²) in [6.07, 6.45) is 12.3. The summed E-state index contributed by atoms with van der Waals surface area (Å²) in [5.41, 5.74) is -0.253. The highest BCUT2D eigenvalue weighted by atomic mass is 16.2. The topological polar surface area (TPSA) is 92.3 Å². The van der Waals surface area contributed by atoms with Crippen LogP contribution in [0.3, 0.4) is 0 Å². The molecule has 2 N–H and O–H groups in total. The van der Waals surface area contributed by atoms with E-state index < -0.39 is 22.6 Å². The van der Waals surface area contributed by atoms with Gasteiger partial charge in [0, 0.05) is 10.8 Å². The van der Waals surface area contributed by atoms with Gasteiger partial charge in [-0.1, -0.05) is 12.1 Å². The molecule has 9 rings (SSSR count). The van der Waals surface area contributed by atoms with Crippen LogP contribution in [0.2, 0.25) is 0 Å². The number of ketones is 2. The van der Waals surface area contributed by atoms with E-state index in [2.05, 4.69) is 10.6 Å². The molecule has 1 aromatic carbocycles. The zero-order valence-corrected chi connectivity index (χ0v) is 20.9. The smallest absolute Gasteiger partial charge is 0.292 e. The zero-order chi connectivity index (χ0) is 24.7. The van der Waals surface area contributed by atoms with Gasteiger partial charge in [-0.05, 0) is 125 Å². The second-order valence-electron chi connectivity index (χ2n) is 13.5. The Hall–Kier alpha value is -2.50. The summed E-state index contributed by atoms with van der Waals surface area (Å²) >= 11 is 0. The van der Waals surface area contributed by atoms with Crippen molar-refractivity contribution in [3.05, 3.63) is 24.3 Å².